The molecule has 0 fully saturated rings. The van der Waals surface area contributed by atoms with E-state index in [1.165, 1.54) is 0 Å². The monoisotopic (exact) mass is 207 g/mol. The zero-order chi connectivity index (χ0) is 10.3. The number of alkyl halides is 1. The van der Waals surface area contributed by atoms with Gasteiger partial charge in [-0.05, 0) is 12.8 Å². The molecule has 0 aliphatic carbocycles. The number of aliphatic carboxylic acids is 1. The Morgan fingerprint density at radius 2 is 2.15 bits per heavy atom. The Morgan fingerprint density at radius 1 is 1.54 bits per heavy atom. The molecule has 0 saturated carbocycles. The van der Waals surface area contributed by atoms with E-state index in [-0.39, 0.29) is 12.3 Å². The van der Waals surface area contributed by atoms with Crippen molar-refractivity contribution in [3.05, 3.63) is 0 Å². The maximum atomic E-state index is 11.0. The van der Waals surface area contributed by atoms with E-state index in [2.05, 4.69) is 5.32 Å². The quantitative estimate of drug-likeness (QED) is 0.639. The Kier molecular flexibility index (Phi) is 6.32. The summed E-state index contributed by atoms with van der Waals surface area (Å²) >= 11 is 5.38. The molecule has 4 nitrogen and oxygen atoms in total. The zero-order valence-corrected chi connectivity index (χ0v) is 8.30. The highest BCUT2D eigenvalue weighted by atomic mass is 35.5. The minimum atomic E-state index is -0.998. The second-order valence-corrected chi connectivity index (χ2v) is 3.04. The lowest BCUT2D eigenvalue weighted by Crippen LogP contribution is -2.40. The number of hydrogen-bond acceptors (Lipinski definition) is 2. The average molecular weight is 208 g/mol. The minimum absolute atomic E-state index is 0.255. The van der Waals surface area contributed by atoms with Gasteiger partial charge >= 0.3 is 5.97 Å². The molecule has 0 aliphatic heterocycles. The highest BCUT2D eigenvalue weighted by molar-refractivity contribution is 6.17. The van der Waals surface area contributed by atoms with Crippen molar-refractivity contribution in [2.75, 3.05) is 5.88 Å². The molecule has 0 spiro atoms. The van der Waals surface area contributed by atoms with Gasteiger partial charge in [0.05, 0.1) is 0 Å². The van der Waals surface area contributed by atoms with Gasteiger partial charge in [-0.25, -0.2) is 4.79 Å². The van der Waals surface area contributed by atoms with Crippen LogP contribution >= 0.6 is 11.6 Å². The van der Waals surface area contributed by atoms with E-state index in [4.69, 9.17) is 16.7 Å². The molecular weight excluding hydrogens is 194 g/mol. The highest BCUT2D eigenvalue weighted by Crippen LogP contribution is 1.95. The van der Waals surface area contributed by atoms with Crippen LogP contribution in [0, 0.1) is 0 Å². The Bertz CT molecular complexity index is 184. The molecule has 0 radical (unpaired) electrons. The van der Waals surface area contributed by atoms with E-state index in [1.807, 2.05) is 0 Å². The third-order valence-corrected chi connectivity index (χ3v) is 1.85. The van der Waals surface area contributed by atoms with E-state index in [0.717, 1.165) is 0 Å². The predicted molar refractivity (Wildman–Crippen MR) is 49.8 cm³/mol. The summed E-state index contributed by atoms with van der Waals surface area (Å²) in [4.78, 5) is 21.5. The molecule has 1 amide bonds. The van der Waals surface area contributed by atoms with Gasteiger partial charge in [-0.15, -0.1) is 11.6 Å². The Hall–Kier alpha value is -0.770. The third kappa shape index (κ3) is 5.47. The smallest absolute Gasteiger partial charge is 0.326 e. The molecule has 0 heterocycles. The minimum Gasteiger partial charge on any atom is -0.480 e. The summed E-state index contributed by atoms with van der Waals surface area (Å²) in [5, 5.41) is 11.0. The van der Waals surface area contributed by atoms with Gasteiger partial charge in [-0.2, -0.15) is 0 Å². The standard InChI is InChI=1S/C8H14ClNO3/c1-2-6(8(12)13)10-7(11)4-3-5-9/h6H,2-5H2,1H3,(H,10,11)(H,12,13). The average Bonchev–Trinajstić information content (AvgIpc) is 2.10. The Labute approximate surface area is 82.3 Å². The number of amides is 1. The molecule has 0 aromatic heterocycles. The number of halogens is 1. The lowest BCUT2D eigenvalue weighted by Gasteiger charge is -2.11. The summed E-state index contributed by atoms with van der Waals surface area (Å²) in [6, 6.07) is -0.775. The summed E-state index contributed by atoms with van der Waals surface area (Å²) in [5.74, 6) is -0.839. The van der Waals surface area contributed by atoms with Gasteiger partial charge < -0.3 is 10.4 Å². The van der Waals surface area contributed by atoms with Crippen molar-refractivity contribution >= 4 is 23.5 Å². The van der Waals surface area contributed by atoms with Gasteiger partial charge in [-0.1, -0.05) is 6.92 Å². The topological polar surface area (TPSA) is 66.4 Å². The van der Waals surface area contributed by atoms with E-state index in [1.54, 1.807) is 6.92 Å². The van der Waals surface area contributed by atoms with Crippen LogP contribution in [0.5, 0.6) is 0 Å². The maximum absolute atomic E-state index is 11.0. The molecule has 13 heavy (non-hydrogen) atoms. The van der Waals surface area contributed by atoms with Crippen LogP contribution in [0.3, 0.4) is 0 Å². The molecule has 76 valence electrons. The normalized spacial score (nSPS) is 12.2. The summed E-state index contributed by atoms with van der Waals surface area (Å²) in [5.41, 5.74) is 0. The molecule has 0 bridgehead atoms. The lowest BCUT2D eigenvalue weighted by molar-refractivity contribution is -0.141. The first-order valence-corrected chi connectivity index (χ1v) is 4.73. The van der Waals surface area contributed by atoms with Crippen LogP contribution < -0.4 is 5.32 Å². The number of carbonyl (C=O) groups is 2. The SMILES string of the molecule is CCC(NC(=O)CCCCl)C(=O)O. The molecule has 1 atom stereocenters. The zero-order valence-electron chi connectivity index (χ0n) is 7.55. The number of carboxylic acid groups (broad SMARTS) is 1. The molecule has 2 N–H and O–H groups in total. The molecule has 0 saturated heterocycles. The largest absolute Gasteiger partial charge is 0.480 e. The Balaban J connectivity index is 3.80. The first kappa shape index (κ1) is 12.2. The van der Waals surface area contributed by atoms with Crippen molar-refractivity contribution in [1.82, 2.24) is 5.32 Å². The molecule has 0 aromatic carbocycles. The van der Waals surface area contributed by atoms with Crippen LogP contribution in [0.1, 0.15) is 26.2 Å². The van der Waals surface area contributed by atoms with Crippen LogP contribution in [-0.2, 0) is 9.59 Å². The van der Waals surface area contributed by atoms with Gasteiger partial charge in [0.25, 0.3) is 0 Å². The van der Waals surface area contributed by atoms with E-state index >= 15 is 0 Å². The van der Waals surface area contributed by atoms with Gasteiger partial charge in [0.1, 0.15) is 6.04 Å². The van der Waals surface area contributed by atoms with Crippen molar-refractivity contribution in [2.24, 2.45) is 0 Å². The van der Waals surface area contributed by atoms with Crippen molar-refractivity contribution in [2.45, 2.75) is 32.2 Å². The van der Waals surface area contributed by atoms with Gasteiger partial charge in [0.15, 0.2) is 0 Å². The number of hydrogen-bond donors (Lipinski definition) is 2. The summed E-state index contributed by atoms with van der Waals surface area (Å²) < 4.78 is 0. The number of nitrogens with one attached hydrogen (secondary N) is 1. The fourth-order valence-corrected chi connectivity index (χ4v) is 0.966. The molecule has 0 aliphatic rings. The molecule has 1 unspecified atom stereocenters. The van der Waals surface area contributed by atoms with Gasteiger partial charge in [-0.3, -0.25) is 4.79 Å². The van der Waals surface area contributed by atoms with Crippen LogP contribution in [0.2, 0.25) is 0 Å². The lowest BCUT2D eigenvalue weighted by atomic mass is 10.2. The predicted octanol–water partition coefficient (Wildman–Crippen LogP) is 0.985. The number of carbonyl (C=O) groups excluding carboxylic acids is 1. The summed E-state index contributed by atoms with van der Waals surface area (Å²) in [6.07, 6.45) is 1.25. The van der Waals surface area contributed by atoms with Crippen molar-refractivity contribution in [3.63, 3.8) is 0 Å². The van der Waals surface area contributed by atoms with Crippen molar-refractivity contribution in [3.8, 4) is 0 Å². The second-order valence-electron chi connectivity index (χ2n) is 2.66. The number of rotatable bonds is 6. The van der Waals surface area contributed by atoms with Gasteiger partial charge in [0, 0.05) is 12.3 Å². The summed E-state index contributed by atoms with van der Waals surface area (Å²) in [6.45, 7) is 1.71. The highest BCUT2D eigenvalue weighted by Gasteiger charge is 2.16. The van der Waals surface area contributed by atoms with E-state index in [9.17, 15) is 9.59 Å². The van der Waals surface area contributed by atoms with Crippen LogP contribution in [0.4, 0.5) is 0 Å². The first-order chi connectivity index (χ1) is 6.11. The van der Waals surface area contributed by atoms with Crippen LogP contribution in [-0.4, -0.2) is 28.9 Å². The van der Waals surface area contributed by atoms with E-state index < -0.39 is 12.0 Å². The van der Waals surface area contributed by atoms with Crippen molar-refractivity contribution < 1.29 is 14.7 Å². The Morgan fingerprint density at radius 3 is 2.54 bits per heavy atom. The molecule has 0 rings (SSSR count). The fourth-order valence-electron chi connectivity index (χ4n) is 0.832. The third-order valence-electron chi connectivity index (χ3n) is 1.58. The number of carboxylic acids is 1. The van der Waals surface area contributed by atoms with Crippen LogP contribution in [0.15, 0.2) is 0 Å². The van der Waals surface area contributed by atoms with E-state index in [0.29, 0.717) is 18.7 Å². The van der Waals surface area contributed by atoms with Crippen molar-refractivity contribution in [1.29, 1.82) is 0 Å². The molecular formula is C8H14ClNO3. The molecule has 0 aromatic rings. The molecule has 5 heteroatoms. The summed E-state index contributed by atoms with van der Waals surface area (Å²) in [7, 11) is 0. The van der Waals surface area contributed by atoms with Crippen LogP contribution in [0.25, 0.3) is 0 Å². The second kappa shape index (κ2) is 6.71. The first-order valence-electron chi connectivity index (χ1n) is 4.20. The fraction of sp³-hybridized carbons (Fsp3) is 0.750. The van der Waals surface area contributed by atoms with Gasteiger partial charge in [0.2, 0.25) is 5.91 Å². The maximum Gasteiger partial charge on any atom is 0.326 e.